The highest BCUT2D eigenvalue weighted by atomic mass is 32.1. The van der Waals surface area contributed by atoms with E-state index in [1.807, 2.05) is 56.3 Å². The lowest BCUT2D eigenvalue weighted by Crippen LogP contribution is -2.23. The van der Waals surface area contributed by atoms with Crippen molar-refractivity contribution in [2.75, 3.05) is 24.6 Å². The molecule has 0 bridgehead atoms. The molecular formula is C38H48N6O3S2. The molecule has 0 fully saturated rings. The van der Waals surface area contributed by atoms with Crippen molar-refractivity contribution in [2.24, 2.45) is 26.4 Å². The number of carbonyl (C=O) groups is 2. The summed E-state index contributed by atoms with van der Waals surface area (Å²) in [5.74, 6) is -0.0553. The summed E-state index contributed by atoms with van der Waals surface area (Å²) in [7, 11) is 0. The number of fused-ring (bicyclic) bond motifs is 1. The highest BCUT2D eigenvalue weighted by Gasteiger charge is 2.12. The summed E-state index contributed by atoms with van der Waals surface area (Å²) >= 11 is 2.95. The predicted octanol–water partition coefficient (Wildman–Crippen LogP) is 12.0. The number of thiazole rings is 1. The zero-order valence-corrected chi connectivity index (χ0v) is 30.6. The quantitative estimate of drug-likeness (QED) is 0.0351. The Labute approximate surface area is 298 Å². The average Bonchev–Trinajstić information content (AvgIpc) is 3.69. The van der Waals surface area contributed by atoms with Crippen LogP contribution in [0.25, 0.3) is 9.53 Å². The molecule has 49 heavy (non-hydrogen) atoms. The number of aromatic nitrogens is 1. The Bertz CT molecular complexity index is 1650. The van der Waals surface area contributed by atoms with Gasteiger partial charge in [-0.2, -0.15) is 0 Å². The highest BCUT2D eigenvalue weighted by Crippen LogP contribution is 2.39. The molecule has 0 radical (unpaired) electrons. The van der Waals surface area contributed by atoms with Gasteiger partial charge in [-0.15, -0.1) is 20.5 Å². The molecule has 0 aliphatic rings. The first-order valence-corrected chi connectivity index (χ1v) is 19.0. The molecule has 1 unspecified atom stereocenters. The lowest BCUT2D eigenvalue weighted by atomic mass is 10.1. The van der Waals surface area contributed by atoms with E-state index in [0.717, 1.165) is 63.8 Å². The van der Waals surface area contributed by atoms with E-state index in [4.69, 9.17) is 4.74 Å². The molecule has 0 amide bonds. The molecule has 2 heterocycles. The van der Waals surface area contributed by atoms with E-state index in [0.29, 0.717) is 24.6 Å². The fraction of sp³-hybridized carbons (Fsp3) is 0.447. The van der Waals surface area contributed by atoms with Crippen LogP contribution < -0.4 is 4.90 Å². The number of hydrogen-bond donors (Lipinski definition) is 0. The molecule has 0 spiro atoms. The number of carbonyl (C=O) groups excluding carboxylic acids is 2. The molecule has 9 nitrogen and oxygen atoms in total. The third-order valence-electron chi connectivity index (χ3n) is 8.34. The van der Waals surface area contributed by atoms with Crippen molar-refractivity contribution in [1.29, 1.82) is 0 Å². The number of unbranched alkanes of at least 4 members (excludes halogenated alkanes) is 6. The summed E-state index contributed by atoms with van der Waals surface area (Å²) in [4.78, 5) is 31.0. The van der Waals surface area contributed by atoms with Gasteiger partial charge in [-0.1, -0.05) is 87.3 Å². The van der Waals surface area contributed by atoms with Gasteiger partial charge in [-0.05, 0) is 80.3 Å². The van der Waals surface area contributed by atoms with Gasteiger partial charge in [-0.25, -0.2) is 4.98 Å². The van der Waals surface area contributed by atoms with E-state index < -0.39 is 0 Å². The van der Waals surface area contributed by atoms with Crippen molar-refractivity contribution in [1.82, 2.24) is 4.98 Å². The molecule has 260 valence electrons. The molecule has 0 aliphatic heterocycles. The molecule has 4 aromatic rings. The van der Waals surface area contributed by atoms with Gasteiger partial charge in [0.15, 0.2) is 5.78 Å². The minimum absolute atomic E-state index is 0.0659. The van der Waals surface area contributed by atoms with Crippen LogP contribution in [0.15, 0.2) is 87.7 Å². The van der Waals surface area contributed by atoms with E-state index in [2.05, 4.69) is 56.0 Å². The van der Waals surface area contributed by atoms with E-state index in [-0.39, 0.29) is 17.7 Å². The van der Waals surface area contributed by atoms with Crippen LogP contribution >= 0.6 is 22.7 Å². The zero-order valence-electron chi connectivity index (χ0n) is 29.0. The predicted molar refractivity (Wildman–Crippen MR) is 203 cm³/mol. The second kappa shape index (κ2) is 20.4. The minimum atomic E-state index is -0.144. The Kier molecular flexibility index (Phi) is 15.7. The van der Waals surface area contributed by atoms with Gasteiger partial charge in [0.05, 0.1) is 28.6 Å². The smallest absolute Gasteiger partial charge is 0.308 e. The summed E-state index contributed by atoms with van der Waals surface area (Å²) < 4.78 is 6.35. The van der Waals surface area contributed by atoms with Crippen molar-refractivity contribution in [3.05, 3.63) is 72.8 Å². The van der Waals surface area contributed by atoms with Crippen LogP contribution in [-0.4, -0.2) is 36.4 Å². The molecular weight excluding hydrogens is 653 g/mol. The van der Waals surface area contributed by atoms with Crippen molar-refractivity contribution in [3.63, 3.8) is 0 Å². The number of rotatable bonds is 22. The number of ketones is 1. The zero-order chi connectivity index (χ0) is 34.8. The van der Waals surface area contributed by atoms with Crippen molar-refractivity contribution in [2.45, 2.75) is 85.0 Å². The van der Waals surface area contributed by atoms with Crippen LogP contribution in [0.1, 0.15) is 84.1 Å². The van der Waals surface area contributed by atoms with Gasteiger partial charge in [0.2, 0.25) is 5.13 Å². The lowest BCUT2D eigenvalue weighted by Gasteiger charge is -2.23. The summed E-state index contributed by atoms with van der Waals surface area (Å²) in [5.41, 5.74) is 3.82. The minimum Gasteiger partial charge on any atom is -0.465 e. The standard InChI is InChI=1S/C38H48N6O3S2/c1-5-28(4)37(46)47-26-24-29-16-18-30(19-17-29)40-42-35-27-34-36(49-35)39-38(48-34)43-41-31-20-22-32(23-21-31)44(7-3)25-14-12-10-8-9-11-13-15-33(45)6-2/h6,16-23,27-28H,2,5,7-15,24-26H2,1,3-4H3. The number of nitrogens with zero attached hydrogens (tertiary/aromatic N) is 6. The van der Waals surface area contributed by atoms with Crippen LogP contribution in [-0.2, 0) is 20.7 Å². The van der Waals surface area contributed by atoms with Gasteiger partial charge >= 0.3 is 5.97 Å². The highest BCUT2D eigenvalue weighted by molar-refractivity contribution is 7.30. The Morgan fingerprint density at radius 1 is 0.878 bits per heavy atom. The third kappa shape index (κ3) is 12.7. The van der Waals surface area contributed by atoms with Gasteiger partial charge in [0.1, 0.15) is 9.83 Å². The molecule has 1 atom stereocenters. The van der Waals surface area contributed by atoms with Crippen LogP contribution in [0.5, 0.6) is 0 Å². The maximum Gasteiger partial charge on any atom is 0.308 e. The van der Waals surface area contributed by atoms with E-state index in [9.17, 15) is 9.59 Å². The summed E-state index contributed by atoms with van der Waals surface area (Å²) in [5, 5.41) is 19.0. The fourth-order valence-electron chi connectivity index (χ4n) is 5.11. The molecule has 0 saturated heterocycles. The Morgan fingerprint density at radius 3 is 2.18 bits per heavy atom. The van der Waals surface area contributed by atoms with Crippen molar-refractivity contribution < 1.29 is 14.3 Å². The number of esters is 1. The number of thiophene rings is 1. The third-order valence-corrected chi connectivity index (χ3v) is 10.3. The van der Waals surface area contributed by atoms with Crippen LogP contribution in [0, 0.1) is 5.92 Å². The number of hydrogen-bond acceptors (Lipinski definition) is 11. The Morgan fingerprint density at radius 2 is 1.53 bits per heavy atom. The van der Waals surface area contributed by atoms with Gasteiger partial charge < -0.3 is 9.64 Å². The molecule has 2 aromatic carbocycles. The Hall–Kier alpha value is -4.09. The van der Waals surface area contributed by atoms with E-state index in [1.165, 1.54) is 66.5 Å². The maximum atomic E-state index is 11.8. The number of allylic oxidation sites excluding steroid dienone is 1. The number of anilines is 1. The van der Waals surface area contributed by atoms with E-state index in [1.54, 1.807) is 0 Å². The molecule has 4 rings (SSSR count). The largest absolute Gasteiger partial charge is 0.465 e. The molecule has 0 aliphatic carbocycles. The fourth-order valence-corrected chi connectivity index (χ4v) is 6.96. The SMILES string of the molecule is C=CC(=O)CCCCCCCCCN(CC)c1ccc(N=Nc2nc3sc(N=Nc4ccc(CCOC(=O)C(C)CC)cc4)cc3s2)cc1. The summed E-state index contributed by atoms with van der Waals surface area (Å²) in [6, 6.07) is 18.0. The topological polar surface area (TPSA) is 109 Å². The van der Waals surface area contributed by atoms with Crippen LogP contribution in [0.4, 0.5) is 27.2 Å². The first-order chi connectivity index (χ1) is 23.9. The first-order valence-electron chi connectivity index (χ1n) is 17.4. The Balaban J connectivity index is 1.19. The normalized spacial score (nSPS) is 12.2. The van der Waals surface area contributed by atoms with Crippen LogP contribution in [0.3, 0.4) is 0 Å². The first kappa shape index (κ1) is 37.7. The molecule has 11 heteroatoms. The molecule has 0 N–H and O–H groups in total. The second-order valence-corrected chi connectivity index (χ2v) is 14.1. The molecule has 2 aromatic heterocycles. The molecule has 0 saturated carbocycles. The van der Waals surface area contributed by atoms with Gasteiger partial charge in [0, 0.05) is 31.6 Å². The second-order valence-electron chi connectivity index (χ2n) is 12.0. The number of ether oxygens (including phenoxy) is 1. The monoisotopic (exact) mass is 700 g/mol. The lowest BCUT2D eigenvalue weighted by molar-refractivity contribution is -0.147. The number of azo groups is 2. The summed E-state index contributed by atoms with van der Waals surface area (Å²) in [6.45, 7) is 12.0. The van der Waals surface area contributed by atoms with E-state index >= 15 is 0 Å². The van der Waals surface area contributed by atoms with Gasteiger partial charge in [-0.3, -0.25) is 9.59 Å². The van der Waals surface area contributed by atoms with Crippen LogP contribution in [0.2, 0.25) is 0 Å². The van der Waals surface area contributed by atoms with Crippen molar-refractivity contribution >= 4 is 71.2 Å². The average molecular weight is 701 g/mol. The maximum absolute atomic E-state index is 11.8. The summed E-state index contributed by atoms with van der Waals surface area (Å²) in [6.07, 6.45) is 11.7. The van der Waals surface area contributed by atoms with Gasteiger partial charge in [0.25, 0.3) is 0 Å². The van der Waals surface area contributed by atoms with Crippen molar-refractivity contribution in [3.8, 4) is 0 Å². The number of benzene rings is 2.